The second kappa shape index (κ2) is 7.51. The molecule has 1 aromatic carbocycles. The van der Waals surface area contributed by atoms with E-state index in [-0.39, 0.29) is 5.82 Å². The summed E-state index contributed by atoms with van der Waals surface area (Å²) in [5.41, 5.74) is 6.61. The average Bonchev–Trinajstić information content (AvgIpc) is 2.91. The van der Waals surface area contributed by atoms with Crippen LogP contribution in [0.2, 0.25) is 0 Å². The smallest absolute Gasteiger partial charge is 0.125 e. The number of hydrogen-bond acceptors (Lipinski definition) is 5. The van der Waals surface area contributed by atoms with Crippen molar-refractivity contribution in [1.29, 1.82) is 0 Å². The van der Waals surface area contributed by atoms with Crippen molar-refractivity contribution in [3.63, 3.8) is 0 Å². The van der Waals surface area contributed by atoms with Gasteiger partial charge in [-0.15, -0.1) is 11.3 Å². The van der Waals surface area contributed by atoms with E-state index in [0.717, 1.165) is 43.9 Å². The predicted octanol–water partition coefficient (Wildman–Crippen LogP) is 3.97. The number of rotatable bonds is 6. The number of thiophene rings is 1. The largest absolute Gasteiger partial charge is 0.379 e. The van der Waals surface area contributed by atoms with Gasteiger partial charge in [0.1, 0.15) is 10.8 Å². The summed E-state index contributed by atoms with van der Waals surface area (Å²) in [6, 6.07) is 7.19. The summed E-state index contributed by atoms with van der Waals surface area (Å²) in [7, 11) is 4.16. The number of fused-ring (bicyclic) bond motifs is 2. The normalized spacial score (nSPS) is 13.5. The fourth-order valence-electron chi connectivity index (χ4n) is 2.85. The van der Waals surface area contributed by atoms with Crippen molar-refractivity contribution in [2.45, 2.75) is 26.3 Å². The Morgan fingerprint density at radius 2 is 2.17 bits per heavy atom. The first-order chi connectivity index (χ1) is 11.6. The summed E-state index contributed by atoms with van der Waals surface area (Å²) in [5, 5.41) is 6.71. The molecule has 2 N–H and O–H groups in total. The molecule has 0 aliphatic carbocycles. The monoisotopic (exact) mass is 348 g/mol. The highest BCUT2D eigenvalue weighted by molar-refractivity contribution is 7.16. The Bertz CT molecular complexity index is 698. The molecule has 0 amide bonds. The number of nitrogens with zero attached hydrogens (tertiary/aromatic N) is 2. The van der Waals surface area contributed by atoms with Crippen LogP contribution in [0.5, 0.6) is 0 Å². The minimum Gasteiger partial charge on any atom is -0.379 e. The standard InChI is InChI=1S/C18H25FN4S/c1-4-15-10-13-12-20-16-11-14(19)6-7-17(16)23(18(13)24-15)21-8-5-9-22(2)3/h6-7,10-11,20-21H,4-5,8-9,12H2,1-3H3. The van der Waals surface area contributed by atoms with Gasteiger partial charge in [-0.25, -0.2) is 9.82 Å². The molecule has 24 heavy (non-hydrogen) atoms. The van der Waals surface area contributed by atoms with E-state index < -0.39 is 0 Å². The zero-order valence-corrected chi connectivity index (χ0v) is 15.3. The average molecular weight is 348 g/mol. The maximum absolute atomic E-state index is 13.6. The second-order valence-corrected chi connectivity index (χ2v) is 7.43. The Balaban J connectivity index is 1.89. The van der Waals surface area contributed by atoms with Crippen LogP contribution in [0.3, 0.4) is 0 Å². The fourth-order valence-corrected chi connectivity index (χ4v) is 3.96. The van der Waals surface area contributed by atoms with E-state index in [9.17, 15) is 4.39 Å². The van der Waals surface area contributed by atoms with Crippen LogP contribution in [0.4, 0.5) is 20.8 Å². The molecular formula is C18H25FN4S. The first-order valence-corrected chi connectivity index (χ1v) is 9.23. The van der Waals surface area contributed by atoms with E-state index in [0.29, 0.717) is 0 Å². The van der Waals surface area contributed by atoms with E-state index in [1.165, 1.54) is 21.5 Å². The highest BCUT2D eigenvalue weighted by atomic mass is 32.1. The molecule has 0 saturated carbocycles. The molecule has 1 aliphatic heterocycles. The second-order valence-electron chi connectivity index (χ2n) is 6.31. The van der Waals surface area contributed by atoms with Crippen LogP contribution in [0.1, 0.15) is 23.8 Å². The molecule has 6 heteroatoms. The van der Waals surface area contributed by atoms with E-state index in [2.05, 4.69) is 47.7 Å². The molecule has 0 spiro atoms. The Morgan fingerprint density at radius 3 is 2.92 bits per heavy atom. The van der Waals surface area contributed by atoms with E-state index >= 15 is 0 Å². The zero-order chi connectivity index (χ0) is 17.1. The molecule has 0 saturated heterocycles. The number of hydrazine groups is 1. The maximum atomic E-state index is 13.6. The van der Waals surface area contributed by atoms with Gasteiger partial charge >= 0.3 is 0 Å². The molecule has 0 radical (unpaired) electrons. The molecule has 2 aromatic rings. The Hall–Kier alpha value is -1.63. The molecule has 1 aliphatic rings. The summed E-state index contributed by atoms with van der Waals surface area (Å²) >= 11 is 1.81. The van der Waals surface area contributed by atoms with Crippen molar-refractivity contribution in [3.8, 4) is 0 Å². The lowest BCUT2D eigenvalue weighted by molar-refractivity contribution is 0.395. The van der Waals surface area contributed by atoms with Crippen molar-refractivity contribution in [3.05, 3.63) is 40.5 Å². The van der Waals surface area contributed by atoms with Crippen LogP contribution >= 0.6 is 11.3 Å². The Kier molecular flexibility index (Phi) is 5.38. The quantitative estimate of drug-likeness (QED) is 0.774. The molecule has 2 heterocycles. The molecular weight excluding hydrogens is 323 g/mol. The van der Waals surface area contributed by atoms with Gasteiger partial charge in [0, 0.05) is 23.5 Å². The van der Waals surface area contributed by atoms with Crippen LogP contribution in [-0.4, -0.2) is 32.1 Å². The van der Waals surface area contributed by atoms with Gasteiger partial charge in [0.05, 0.1) is 11.4 Å². The first-order valence-electron chi connectivity index (χ1n) is 8.42. The van der Waals surface area contributed by atoms with Gasteiger partial charge in [-0.1, -0.05) is 6.92 Å². The van der Waals surface area contributed by atoms with Crippen molar-refractivity contribution < 1.29 is 4.39 Å². The molecule has 1 aromatic heterocycles. The minimum absolute atomic E-state index is 0.215. The molecule has 4 nitrogen and oxygen atoms in total. The lowest BCUT2D eigenvalue weighted by Crippen LogP contribution is -2.35. The van der Waals surface area contributed by atoms with Crippen LogP contribution in [0.15, 0.2) is 24.3 Å². The molecule has 0 unspecified atom stereocenters. The van der Waals surface area contributed by atoms with Gasteiger partial charge in [0.15, 0.2) is 0 Å². The van der Waals surface area contributed by atoms with Gasteiger partial charge in [-0.05, 0) is 57.7 Å². The van der Waals surface area contributed by atoms with E-state index in [1.54, 1.807) is 6.07 Å². The third kappa shape index (κ3) is 3.71. The van der Waals surface area contributed by atoms with Crippen LogP contribution in [0, 0.1) is 5.82 Å². The maximum Gasteiger partial charge on any atom is 0.125 e. The fraction of sp³-hybridized carbons (Fsp3) is 0.444. The van der Waals surface area contributed by atoms with E-state index in [1.807, 2.05) is 17.4 Å². The number of nitrogens with one attached hydrogen (secondary N) is 2. The number of aryl methyl sites for hydroxylation is 1. The van der Waals surface area contributed by atoms with Gasteiger partial charge in [0.25, 0.3) is 0 Å². The summed E-state index contributed by atoms with van der Waals surface area (Å²) < 4.78 is 13.6. The van der Waals surface area contributed by atoms with Crippen LogP contribution in [-0.2, 0) is 13.0 Å². The van der Waals surface area contributed by atoms with Crippen LogP contribution in [0.25, 0.3) is 0 Å². The highest BCUT2D eigenvalue weighted by Gasteiger charge is 2.23. The molecule has 3 rings (SSSR count). The van der Waals surface area contributed by atoms with Crippen molar-refractivity contribution in [2.75, 3.05) is 37.5 Å². The minimum atomic E-state index is -0.215. The van der Waals surface area contributed by atoms with Crippen molar-refractivity contribution in [2.24, 2.45) is 0 Å². The first kappa shape index (κ1) is 17.2. The predicted molar refractivity (Wildman–Crippen MR) is 101 cm³/mol. The number of anilines is 3. The van der Waals surface area contributed by atoms with E-state index in [4.69, 9.17) is 0 Å². The summed E-state index contributed by atoms with van der Waals surface area (Å²) in [6.07, 6.45) is 2.08. The molecule has 0 bridgehead atoms. The lowest BCUT2D eigenvalue weighted by atomic mass is 10.2. The lowest BCUT2D eigenvalue weighted by Gasteiger charge is -2.25. The summed E-state index contributed by atoms with van der Waals surface area (Å²) in [5.74, 6) is -0.215. The molecule has 0 atom stereocenters. The summed E-state index contributed by atoms with van der Waals surface area (Å²) in [4.78, 5) is 3.55. The Morgan fingerprint density at radius 1 is 1.33 bits per heavy atom. The van der Waals surface area contributed by atoms with Crippen LogP contribution < -0.4 is 15.8 Å². The van der Waals surface area contributed by atoms with Gasteiger partial charge < -0.3 is 10.2 Å². The number of halogens is 1. The molecule has 130 valence electrons. The number of benzene rings is 1. The van der Waals surface area contributed by atoms with Crippen molar-refractivity contribution >= 4 is 27.7 Å². The highest BCUT2D eigenvalue weighted by Crippen LogP contribution is 2.41. The third-order valence-corrected chi connectivity index (χ3v) is 5.42. The van der Waals surface area contributed by atoms with Gasteiger partial charge in [0.2, 0.25) is 0 Å². The number of hydrogen-bond donors (Lipinski definition) is 2. The van der Waals surface area contributed by atoms with Gasteiger partial charge in [-0.3, -0.25) is 5.01 Å². The SMILES string of the molecule is CCc1cc2c(s1)N(NCCCN(C)C)c1ccc(F)cc1NC2. The topological polar surface area (TPSA) is 30.5 Å². The molecule has 0 fully saturated rings. The third-order valence-electron chi connectivity index (χ3n) is 4.11. The van der Waals surface area contributed by atoms with Crippen molar-refractivity contribution in [1.82, 2.24) is 10.3 Å². The summed E-state index contributed by atoms with van der Waals surface area (Å²) in [6.45, 7) is 4.80. The van der Waals surface area contributed by atoms with Gasteiger partial charge in [-0.2, -0.15) is 0 Å². The zero-order valence-electron chi connectivity index (χ0n) is 14.5. The Labute approximate surface area is 147 Å².